The van der Waals surface area contributed by atoms with E-state index in [1.807, 2.05) is 0 Å². The van der Waals surface area contributed by atoms with E-state index < -0.39 is 12.0 Å². The predicted molar refractivity (Wildman–Crippen MR) is 75.0 cm³/mol. The zero-order valence-corrected chi connectivity index (χ0v) is 11.9. The molecule has 2 heterocycles. The van der Waals surface area contributed by atoms with Crippen LogP contribution in [-0.4, -0.2) is 44.6 Å². The van der Waals surface area contributed by atoms with Crippen LogP contribution in [0.1, 0.15) is 13.3 Å². The minimum Gasteiger partial charge on any atom is -0.451 e. The summed E-state index contributed by atoms with van der Waals surface area (Å²) in [5.41, 5.74) is 0.825. The first kappa shape index (κ1) is 15.3. The first-order chi connectivity index (χ1) is 10.5. The van der Waals surface area contributed by atoms with Crippen LogP contribution in [0.3, 0.4) is 0 Å². The quantitative estimate of drug-likeness (QED) is 0.833. The molecule has 1 amide bonds. The predicted octanol–water partition coefficient (Wildman–Crippen LogP) is 0.872. The van der Waals surface area contributed by atoms with E-state index in [9.17, 15) is 14.4 Å². The lowest BCUT2D eigenvalue weighted by molar-refractivity contribution is -0.124. The number of anilines is 1. The van der Waals surface area contributed by atoms with Crippen molar-refractivity contribution in [1.82, 2.24) is 19.7 Å². The highest BCUT2D eigenvalue weighted by molar-refractivity contribution is 6.03. The largest absolute Gasteiger partial charge is 0.451 e. The lowest BCUT2D eigenvalue weighted by Gasteiger charge is -2.05. The van der Waals surface area contributed by atoms with Gasteiger partial charge < -0.3 is 10.1 Å². The van der Waals surface area contributed by atoms with Gasteiger partial charge in [0.2, 0.25) is 5.91 Å². The van der Waals surface area contributed by atoms with Crippen molar-refractivity contribution in [3.8, 4) is 11.4 Å². The molecular formula is C13H13N5O4. The maximum absolute atomic E-state index is 11.7. The molecule has 0 aliphatic heterocycles. The molecule has 9 nitrogen and oxygen atoms in total. The Hall–Kier alpha value is -3.10. The summed E-state index contributed by atoms with van der Waals surface area (Å²) < 4.78 is 5.48. The van der Waals surface area contributed by atoms with E-state index in [2.05, 4.69) is 25.1 Å². The molecule has 0 aliphatic rings. The Morgan fingerprint density at radius 1 is 1.32 bits per heavy atom. The summed E-state index contributed by atoms with van der Waals surface area (Å²) in [5.74, 6) is -0.754. The monoisotopic (exact) mass is 303 g/mol. The maximum Gasteiger partial charge on any atom is 0.436 e. The van der Waals surface area contributed by atoms with Crippen LogP contribution in [0.4, 0.5) is 10.6 Å². The molecule has 0 bridgehead atoms. The van der Waals surface area contributed by atoms with Crippen LogP contribution in [0.15, 0.2) is 24.7 Å². The second-order valence-corrected chi connectivity index (χ2v) is 4.32. The van der Waals surface area contributed by atoms with Gasteiger partial charge in [-0.2, -0.15) is 5.10 Å². The molecular weight excluding hydrogens is 290 g/mol. The molecule has 0 fully saturated rings. The number of methoxy groups -OCH3 is 1. The van der Waals surface area contributed by atoms with E-state index in [1.54, 1.807) is 6.07 Å². The molecule has 22 heavy (non-hydrogen) atoms. The van der Waals surface area contributed by atoms with Gasteiger partial charge in [-0.1, -0.05) is 0 Å². The number of nitrogens with one attached hydrogen (secondary N) is 1. The van der Waals surface area contributed by atoms with E-state index >= 15 is 0 Å². The Bertz CT molecular complexity index is 710. The summed E-state index contributed by atoms with van der Waals surface area (Å²) in [6, 6.07) is 3.06. The summed E-state index contributed by atoms with van der Waals surface area (Å²) in [6.45, 7) is 1.30. The smallest absolute Gasteiger partial charge is 0.436 e. The third-order valence-corrected chi connectivity index (χ3v) is 2.58. The van der Waals surface area contributed by atoms with Crippen molar-refractivity contribution in [2.75, 3.05) is 12.4 Å². The van der Waals surface area contributed by atoms with Crippen LogP contribution >= 0.6 is 0 Å². The minimum absolute atomic E-state index is 0.0895. The van der Waals surface area contributed by atoms with Gasteiger partial charge in [-0.3, -0.25) is 9.59 Å². The Balaban J connectivity index is 2.35. The van der Waals surface area contributed by atoms with Gasteiger partial charge in [-0.25, -0.2) is 14.8 Å². The zero-order chi connectivity index (χ0) is 16.1. The summed E-state index contributed by atoms with van der Waals surface area (Å²) in [5, 5.41) is 6.48. The normalized spacial score (nSPS) is 10.1. The van der Waals surface area contributed by atoms with Crippen molar-refractivity contribution in [2.45, 2.75) is 13.3 Å². The van der Waals surface area contributed by atoms with Gasteiger partial charge in [0.15, 0.2) is 0 Å². The van der Waals surface area contributed by atoms with Gasteiger partial charge >= 0.3 is 6.09 Å². The first-order valence-corrected chi connectivity index (χ1v) is 6.25. The Kier molecular flexibility index (Phi) is 4.57. The fourth-order valence-electron chi connectivity index (χ4n) is 1.68. The topological polar surface area (TPSA) is 116 Å². The van der Waals surface area contributed by atoms with Crippen molar-refractivity contribution in [3.63, 3.8) is 0 Å². The fourth-order valence-corrected chi connectivity index (χ4v) is 1.68. The SMILES string of the molecule is COC(=O)n1nc(-c2ccncn2)cc1NC(=O)CC(C)=O. The number of ketones is 1. The van der Waals surface area contributed by atoms with Crippen LogP contribution in [0.2, 0.25) is 0 Å². The maximum atomic E-state index is 11.7. The van der Waals surface area contributed by atoms with Crippen molar-refractivity contribution in [2.24, 2.45) is 0 Å². The first-order valence-electron chi connectivity index (χ1n) is 6.25. The number of Topliss-reactive ketones (excluding diaryl/α,β-unsaturated/α-hetero) is 1. The second kappa shape index (κ2) is 6.57. The highest BCUT2D eigenvalue weighted by Gasteiger charge is 2.18. The average Bonchev–Trinajstić information content (AvgIpc) is 2.90. The van der Waals surface area contributed by atoms with E-state index in [0.29, 0.717) is 11.4 Å². The molecule has 0 spiro atoms. The van der Waals surface area contributed by atoms with Gasteiger partial charge in [0.1, 0.15) is 23.6 Å². The Labute approximate surface area is 125 Å². The molecule has 0 radical (unpaired) electrons. The molecule has 1 N–H and O–H groups in total. The molecule has 0 saturated carbocycles. The Morgan fingerprint density at radius 3 is 2.68 bits per heavy atom. The van der Waals surface area contributed by atoms with Crippen LogP contribution in [0.25, 0.3) is 11.4 Å². The summed E-state index contributed by atoms with van der Waals surface area (Å²) in [7, 11) is 1.19. The van der Waals surface area contributed by atoms with Gasteiger partial charge in [-0.15, -0.1) is 4.68 Å². The van der Waals surface area contributed by atoms with E-state index in [-0.39, 0.29) is 18.0 Å². The van der Waals surface area contributed by atoms with E-state index in [0.717, 1.165) is 4.68 Å². The van der Waals surface area contributed by atoms with Crippen LogP contribution in [0, 0.1) is 0 Å². The van der Waals surface area contributed by atoms with Gasteiger partial charge in [-0.05, 0) is 13.0 Å². The number of hydrogen-bond acceptors (Lipinski definition) is 7. The molecule has 0 unspecified atom stereocenters. The number of ether oxygens (including phenoxy) is 1. The highest BCUT2D eigenvalue weighted by Crippen LogP contribution is 2.20. The van der Waals surface area contributed by atoms with Crippen LogP contribution < -0.4 is 5.32 Å². The van der Waals surface area contributed by atoms with E-state index in [4.69, 9.17) is 0 Å². The van der Waals surface area contributed by atoms with Gasteiger partial charge in [0, 0.05) is 12.3 Å². The fraction of sp³-hybridized carbons (Fsp3) is 0.231. The Morgan fingerprint density at radius 2 is 2.09 bits per heavy atom. The third kappa shape index (κ3) is 3.51. The molecule has 0 aromatic carbocycles. The number of rotatable bonds is 4. The molecule has 0 saturated heterocycles. The standard InChI is InChI=1S/C13H13N5O4/c1-8(19)5-12(20)16-11-6-10(9-3-4-14-7-15-9)17-18(11)13(21)22-2/h3-4,6-7H,5H2,1-2H3,(H,16,20). The van der Waals surface area contributed by atoms with Gasteiger partial charge in [0.25, 0.3) is 0 Å². The minimum atomic E-state index is -0.779. The van der Waals surface area contributed by atoms with Crippen LogP contribution in [-0.2, 0) is 14.3 Å². The zero-order valence-electron chi connectivity index (χ0n) is 11.9. The van der Waals surface area contributed by atoms with Crippen molar-refractivity contribution in [1.29, 1.82) is 0 Å². The lowest BCUT2D eigenvalue weighted by atomic mass is 10.3. The van der Waals surface area contributed by atoms with Crippen LogP contribution in [0.5, 0.6) is 0 Å². The second-order valence-electron chi connectivity index (χ2n) is 4.32. The molecule has 114 valence electrons. The molecule has 9 heteroatoms. The summed E-state index contributed by atoms with van der Waals surface area (Å²) in [6.07, 6.45) is 1.78. The summed E-state index contributed by atoms with van der Waals surface area (Å²) >= 11 is 0. The van der Waals surface area contributed by atoms with E-state index in [1.165, 1.54) is 32.6 Å². The van der Waals surface area contributed by atoms with Crippen molar-refractivity contribution < 1.29 is 19.1 Å². The molecule has 0 aliphatic carbocycles. The van der Waals surface area contributed by atoms with Crippen molar-refractivity contribution >= 4 is 23.6 Å². The number of carbonyl (C=O) groups is 3. The van der Waals surface area contributed by atoms with Gasteiger partial charge in [0.05, 0.1) is 19.2 Å². The van der Waals surface area contributed by atoms with Crippen molar-refractivity contribution in [3.05, 3.63) is 24.7 Å². The molecule has 2 aromatic heterocycles. The molecule has 0 atom stereocenters. The highest BCUT2D eigenvalue weighted by atomic mass is 16.5. The third-order valence-electron chi connectivity index (χ3n) is 2.58. The number of amides is 1. The average molecular weight is 303 g/mol. The number of aromatic nitrogens is 4. The number of carbonyl (C=O) groups excluding carboxylic acids is 3. The lowest BCUT2D eigenvalue weighted by Crippen LogP contribution is -2.21. The molecule has 2 rings (SSSR count). The number of hydrogen-bond donors (Lipinski definition) is 1. The number of nitrogens with zero attached hydrogens (tertiary/aromatic N) is 4. The molecule has 2 aromatic rings. The summed E-state index contributed by atoms with van der Waals surface area (Å²) in [4.78, 5) is 42.1.